The molecule has 1 atom stereocenters. The molecule has 108 valence electrons. The van der Waals surface area contributed by atoms with Crippen molar-refractivity contribution in [1.29, 1.82) is 0 Å². The molecule has 0 saturated heterocycles. The first-order valence-corrected chi connectivity index (χ1v) is 5.94. The molecule has 1 aromatic rings. The van der Waals surface area contributed by atoms with Crippen LogP contribution in [0.25, 0.3) is 0 Å². The van der Waals surface area contributed by atoms with E-state index in [1.54, 1.807) is 17.0 Å². The van der Waals surface area contributed by atoms with Gasteiger partial charge in [0.25, 0.3) is 0 Å². The van der Waals surface area contributed by atoms with E-state index in [-0.39, 0.29) is 11.8 Å². The van der Waals surface area contributed by atoms with Crippen molar-refractivity contribution in [2.75, 3.05) is 13.1 Å². The largest absolute Gasteiger partial charge is 0.573 e. The molecule has 0 saturated carbocycles. The molecule has 0 bridgehead atoms. The molecule has 20 heavy (non-hydrogen) atoms. The number of halogens is 3. The summed E-state index contributed by atoms with van der Waals surface area (Å²) in [6, 6.07) is 5.63. The van der Waals surface area contributed by atoms with Gasteiger partial charge in [0.15, 0.2) is 5.96 Å². The molecular formula is C13H14F3N3O. The monoisotopic (exact) mass is 285 g/mol. The van der Waals surface area contributed by atoms with Gasteiger partial charge in [0.2, 0.25) is 0 Å². The molecule has 2 N–H and O–H groups in total. The van der Waals surface area contributed by atoms with E-state index in [1.807, 2.05) is 0 Å². The molecule has 0 aliphatic carbocycles. The molecule has 2 rings (SSSR count). The summed E-state index contributed by atoms with van der Waals surface area (Å²) in [5.41, 5.74) is 6.41. The first-order valence-electron chi connectivity index (χ1n) is 5.94. The van der Waals surface area contributed by atoms with Gasteiger partial charge in [-0.05, 0) is 17.7 Å². The second-order valence-corrected chi connectivity index (χ2v) is 4.28. The third kappa shape index (κ3) is 3.23. The van der Waals surface area contributed by atoms with Gasteiger partial charge in [-0.15, -0.1) is 19.8 Å². The van der Waals surface area contributed by atoms with Gasteiger partial charge in [-0.2, -0.15) is 0 Å². The Bertz CT molecular complexity index is 528. The smallest absolute Gasteiger partial charge is 0.406 e. The Morgan fingerprint density at radius 1 is 1.50 bits per heavy atom. The van der Waals surface area contributed by atoms with Gasteiger partial charge in [0.1, 0.15) is 5.75 Å². The Labute approximate surface area is 114 Å². The fourth-order valence-electron chi connectivity index (χ4n) is 2.09. The zero-order valence-electron chi connectivity index (χ0n) is 10.6. The molecule has 1 unspecified atom stereocenters. The van der Waals surface area contributed by atoms with Crippen molar-refractivity contribution in [2.45, 2.75) is 12.4 Å². The number of guanidine groups is 1. The van der Waals surface area contributed by atoms with Crippen molar-refractivity contribution >= 4 is 5.96 Å². The number of ether oxygens (including phenoxy) is 1. The van der Waals surface area contributed by atoms with Crippen LogP contribution in [0.1, 0.15) is 11.6 Å². The molecule has 0 amide bonds. The molecule has 1 heterocycles. The highest BCUT2D eigenvalue weighted by Gasteiger charge is 2.32. The minimum Gasteiger partial charge on any atom is -0.406 e. The second kappa shape index (κ2) is 5.44. The Morgan fingerprint density at radius 2 is 2.25 bits per heavy atom. The average Bonchev–Trinajstić information content (AvgIpc) is 2.70. The lowest BCUT2D eigenvalue weighted by Gasteiger charge is -2.25. The predicted molar refractivity (Wildman–Crippen MR) is 69.3 cm³/mol. The molecule has 0 fully saturated rings. The van der Waals surface area contributed by atoms with Crippen molar-refractivity contribution in [2.24, 2.45) is 10.7 Å². The number of hydrogen-bond donors (Lipinski definition) is 1. The fraction of sp³-hybridized carbons (Fsp3) is 0.308. The lowest BCUT2D eigenvalue weighted by atomic mass is 10.1. The van der Waals surface area contributed by atoms with Crippen LogP contribution in [0.2, 0.25) is 0 Å². The predicted octanol–water partition coefficient (Wildman–Crippen LogP) is 2.44. The van der Waals surface area contributed by atoms with Crippen molar-refractivity contribution in [3.05, 3.63) is 42.5 Å². The number of aliphatic imine (C=N–C) groups is 1. The topological polar surface area (TPSA) is 50.8 Å². The van der Waals surface area contributed by atoms with Crippen LogP contribution in [0, 0.1) is 0 Å². The van der Waals surface area contributed by atoms with Crippen molar-refractivity contribution < 1.29 is 17.9 Å². The number of hydrogen-bond acceptors (Lipinski definition) is 4. The summed E-state index contributed by atoms with van der Waals surface area (Å²) in [7, 11) is 0. The van der Waals surface area contributed by atoms with Gasteiger partial charge in [-0.1, -0.05) is 18.2 Å². The molecule has 0 spiro atoms. The van der Waals surface area contributed by atoms with Crippen molar-refractivity contribution in [3.8, 4) is 5.75 Å². The highest BCUT2D eigenvalue weighted by atomic mass is 19.4. The molecule has 7 heteroatoms. The molecule has 0 aromatic heterocycles. The highest BCUT2D eigenvalue weighted by molar-refractivity contribution is 5.80. The second-order valence-electron chi connectivity index (χ2n) is 4.28. The third-order valence-corrected chi connectivity index (χ3v) is 2.90. The van der Waals surface area contributed by atoms with Crippen molar-refractivity contribution in [1.82, 2.24) is 4.90 Å². The number of nitrogens with zero attached hydrogens (tertiary/aromatic N) is 2. The summed E-state index contributed by atoms with van der Waals surface area (Å²) >= 11 is 0. The number of rotatable bonds is 4. The third-order valence-electron chi connectivity index (χ3n) is 2.90. The lowest BCUT2D eigenvalue weighted by molar-refractivity contribution is -0.274. The summed E-state index contributed by atoms with van der Waals surface area (Å²) in [6.45, 7) is 4.50. The van der Waals surface area contributed by atoms with Crippen LogP contribution >= 0.6 is 0 Å². The van der Waals surface area contributed by atoms with E-state index in [1.165, 1.54) is 18.2 Å². The maximum atomic E-state index is 12.2. The Kier molecular flexibility index (Phi) is 3.87. The maximum Gasteiger partial charge on any atom is 0.573 e. The molecular weight excluding hydrogens is 271 g/mol. The molecule has 1 aliphatic rings. The summed E-state index contributed by atoms with van der Waals surface area (Å²) in [4.78, 5) is 5.89. The SMILES string of the molecule is C=CCN1C(N)=NCC1c1cccc(OC(F)(F)F)c1. The normalized spacial score (nSPS) is 18.9. The van der Waals surface area contributed by atoms with Crippen LogP contribution in [0.4, 0.5) is 13.2 Å². The summed E-state index contributed by atoms with van der Waals surface area (Å²) in [6.07, 6.45) is -3.04. The van der Waals surface area contributed by atoms with E-state index >= 15 is 0 Å². The van der Waals surface area contributed by atoms with E-state index < -0.39 is 6.36 Å². The standard InChI is InChI=1S/C13H14F3N3O/c1-2-6-19-11(8-18-12(19)17)9-4-3-5-10(7-9)20-13(14,15)16/h2-5,7,11H,1,6,8H2,(H2,17,18). The lowest BCUT2D eigenvalue weighted by Crippen LogP contribution is -2.36. The van der Waals surface area contributed by atoms with Crippen molar-refractivity contribution in [3.63, 3.8) is 0 Å². The maximum absolute atomic E-state index is 12.2. The van der Waals surface area contributed by atoms with E-state index in [0.29, 0.717) is 24.6 Å². The minimum absolute atomic E-state index is 0.204. The minimum atomic E-state index is -4.70. The molecule has 1 aliphatic heterocycles. The number of benzene rings is 1. The molecule has 4 nitrogen and oxygen atoms in total. The van der Waals surface area contributed by atoms with Gasteiger partial charge >= 0.3 is 6.36 Å². The zero-order valence-corrected chi connectivity index (χ0v) is 10.6. The van der Waals surface area contributed by atoms with Crippen LogP contribution < -0.4 is 10.5 Å². The average molecular weight is 285 g/mol. The Morgan fingerprint density at radius 3 is 2.90 bits per heavy atom. The van der Waals surface area contributed by atoms with Gasteiger partial charge in [-0.3, -0.25) is 4.99 Å². The van der Waals surface area contributed by atoms with Gasteiger partial charge in [0, 0.05) is 6.54 Å². The van der Waals surface area contributed by atoms with Crippen LogP contribution in [-0.2, 0) is 0 Å². The summed E-state index contributed by atoms with van der Waals surface area (Å²) < 4.78 is 40.6. The van der Waals surface area contributed by atoms with Crippen LogP contribution in [-0.4, -0.2) is 30.3 Å². The molecule has 0 radical (unpaired) electrons. The van der Waals surface area contributed by atoms with Gasteiger partial charge in [0.05, 0.1) is 12.6 Å². The van der Waals surface area contributed by atoms with Gasteiger partial charge < -0.3 is 15.4 Å². The van der Waals surface area contributed by atoms with E-state index in [4.69, 9.17) is 5.73 Å². The van der Waals surface area contributed by atoms with Gasteiger partial charge in [-0.25, -0.2) is 0 Å². The highest BCUT2D eigenvalue weighted by Crippen LogP contribution is 2.30. The number of nitrogens with two attached hydrogens (primary N) is 1. The van der Waals surface area contributed by atoms with E-state index in [0.717, 1.165) is 0 Å². The fourth-order valence-corrected chi connectivity index (χ4v) is 2.09. The summed E-state index contributed by atoms with van der Waals surface area (Å²) in [5, 5.41) is 0. The molecule has 1 aromatic carbocycles. The van der Waals surface area contributed by atoms with E-state index in [9.17, 15) is 13.2 Å². The quantitative estimate of drug-likeness (QED) is 0.864. The Balaban J connectivity index is 2.21. The zero-order chi connectivity index (χ0) is 14.8. The summed E-state index contributed by atoms with van der Waals surface area (Å²) in [5.74, 6) is 0.107. The Hall–Kier alpha value is -2.18. The first kappa shape index (κ1) is 14.2. The van der Waals surface area contributed by atoms with Crippen LogP contribution in [0.15, 0.2) is 41.9 Å². The number of alkyl halides is 3. The van der Waals surface area contributed by atoms with Crippen LogP contribution in [0.5, 0.6) is 5.75 Å². The first-order chi connectivity index (χ1) is 9.40. The van der Waals surface area contributed by atoms with E-state index in [2.05, 4.69) is 16.3 Å². The van der Waals surface area contributed by atoms with Crippen LogP contribution in [0.3, 0.4) is 0 Å².